The first-order chi connectivity index (χ1) is 19.2. The third-order valence-corrected chi connectivity index (χ3v) is 8.57. The standard InChI is InChI=1S/C26H31N3O8S3/c1-6-36-24(32)21-15(3)22(25(33)37-7-2)40-23(21)27-19(30)13-38-14-20(31)28-26-29(10-11-34-4)17-9-8-16(35-5)12-18(17)39-26/h8-9,12H,6-7,10-11,13-14H2,1-5H3,(H,27,30). The van der Waals surface area contributed by atoms with Crippen LogP contribution in [0.4, 0.5) is 5.00 Å². The van der Waals surface area contributed by atoms with E-state index in [1.54, 1.807) is 35.0 Å². The molecule has 14 heteroatoms. The molecule has 3 rings (SSSR count). The number of thiophene rings is 1. The van der Waals surface area contributed by atoms with Crippen molar-refractivity contribution in [2.24, 2.45) is 4.99 Å². The van der Waals surface area contributed by atoms with Gasteiger partial charge in [-0.3, -0.25) is 9.59 Å². The molecule has 0 fully saturated rings. The lowest BCUT2D eigenvalue weighted by Gasteiger charge is -2.07. The number of hydrogen-bond acceptors (Lipinski definition) is 11. The molecule has 1 aromatic carbocycles. The summed E-state index contributed by atoms with van der Waals surface area (Å²) in [4.78, 5) is 55.2. The van der Waals surface area contributed by atoms with Crippen molar-refractivity contribution < 1.29 is 38.1 Å². The zero-order valence-corrected chi connectivity index (χ0v) is 25.3. The largest absolute Gasteiger partial charge is 0.497 e. The number of anilines is 1. The van der Waals surface area contributed by atoms with Gasteiger partial charge in [0.25, 0.3) is 5.91 Å². The van der Waals surface area contributed by atoms with Crippen molar-refractivity contribution in [1.29, 1.82) is 0 Å². The third-order valence-electron chi connectivity index (χ3n) is 5.43. The van der Waals surface area contributed by atoms with Crippen LogP contribution >= 0.6 is 34.4 Å². The van der Waals surface area contributed by atoms with Crippen LogP contribution in [0.3, 0.4) is 0 Å². The molecule has 1 N–H and O–H groups in total. The number of thiazole rings is 1. The molecule has 11 nitrogen and oxygen atoms in total. The van der Waals surface area contributed by atoms with Crippen LogP contribution in [-0.2, 0) is 30.3 Å². The molecule has 0 unspecified atom stereocenters. The summed E-state index contributed by atoms with van der Waals surface area (Å²) in [5, 5.41) is 2.87. The Labute approximate surface area is 243 Å². The van der Waals surface area contributed by atoms with Crippen LogP contribution in [0.15, 0.2) is 23.2 Å². The monoisotopic (exact) mass is 609 g/mol. The number of ether oxygens (including phenoxy) is 4. The Bertz CT molecular complexity index is 1460. The molecule has 0 aliphatic heterocycles. The first-order valence-electron chi connectivity index (χ1n) is 12.3. The topological polar surface area (TPSA) is 135 Å². The highest BCUT2D eigenvalue weighted by Crippen LogP contribution is 2.34. The summed E-state index contributed by atoms with van der Waals surface area (Å²) in [7, 11) is 3.19. The number of rotatable bonds is 13. The minimum Gasteiger partial charge on any atom is -0.497 e. The van der Waals surface area contributed by atoms with Gasteiger partial charge in [-0.05, 0) is 44.5 Å². The van der Waals surface area contributed by atoms with Crippen LogP contribution in [-0.4, -0.2) is 73.9 Å². The summed E-state index contributed by atoms with van der Waals surface area (Å²) >= 11 is 3.40. The highest BCUT2D eigenvalue weighted by atomic mass is 32.2. The van der Waals surface area contributed by atoms with Gasteiger partial charge in [0.2, 0.25) is 5.91 Å². The number of fused-ring (bicyclic) bond motifs is 1. The van der Waals surface area contributed by atoms with Crippen LogP contribution in [0.2, 0.25) is 0 Å². The highest BCUT2D eigenvalue weighted by Gasteiger charge is 2.27. The fourth-order valence-electron chi connectivity index (χ4n) is 3.64. The highest BCUT2D eigenvalue weighted by molar-refractivity contribution is 8.00. The first kappa shape index (κ1) is 31.3. The quantitative estimate of drug-likeness (QED) is 0.287. The summed E-state index contributed by atoms with van der Waals surface area (Å²) in [6, 6.07) is 5.64. The van der Waals surface area contributed by atoms with E-state index in [0.29, 0.717) is 29.3 Å². The molecule has 0 atom stereocenters. The summed E-state index contributed by atoms with van der Waals surface area (Å²) in [5.41, 5.74) is 1.40. The smallest absolute Gasteiger partial charge is 0.348 e. The lowest BCUT2D eigenvalue weighted by atomic mass is 10.1. The zero-order valence-electron chi connectivity index (χ0n) is 22.9. The van der Waals surface area contributed by atoms with E-state index in [0.717, 1.165) is 33.3 Å². The van der Waals surface area contributed by atoms with E-state index in [4.69, 9.17) is 18.9 Å². The van der Waals surface area contributed by atoms with Gasteiger partial charge in [0.1, 0.15) is 15.6 Å². The van der Waals surface area contributed by atoms with Crippen LogP contribution in [0.25, 0.3) is 10.2 Å². The molecular weight excluding hydrogens is 579 g/mol. The van der Waals surface area contributed by atoms with E-state index in [1.807, 2.05) is 22.8 Å². The Morgan fingerprint density at radius 2 is 1.75 bits per heavy atom. The number of carbonyl (C=O) groups excluding carboxylic acids is 4. The maximum absolute atomic E-state index is 12.7. The molecule has 3 aromatic rings. The van der Waals surface area contributed by atoms with Gasteiger partial charge in [-0.2, -0.15) is 4.99 Å². The van der Waals surface area contributed by atoms with Crippen LogP contribution in [0.1, 0.15) is 39.4 Å². The number of amides is 2. The van der Waals surface area contributed by atoms with Gasteiger partial charge in [-0.15, -0.1) is 23.1 Å². The van der Waals surface area contributed by atoms with E-state index < -0.39 is 23.8 Å². The normalized spacial score (nSPS) is 11.5. The van der Waals surface area contributed by atoms with Crippen LogP contribution in [0.5, 0.6) is 5.75 Å². The summed E-state index contributed by atoms with van der Waals surface area (Å²) in [6.07, 6.45) is 0. The lowest BCUT2D eigenvalue weighted by molar-refractivity contribution is -0.115. The van der Waals surface area contributed by atoms with Crippen molar-refractivity contribution in [2.75, 3.05) is 50.9 Å². The van der Waals surface area contributed by atoms with Crippen molar-refractivity contribution >= 4 is 73.4 Å². The van der Waals surface area contributed by atoms with Gasteiger partial charge < -0.3 is 28.8 Å². The van der Waals surface area contributed by atoms with E-state index in [-0.39, 0.29) is 40.2 Å². The summed E-state index contributed by atoms with van der Waals surface area (Å²) < 4.78 is 23.5. The van der Waals surface area contributed by atoms with Crippen molar-refractivity contribution in [1.82, 2.24) is 4.57 Å². The molecule has 0 aliphatic carbocycles. The molecule has 0 aliphatic rings. The second-order valence-corrected chi connectivity index (χ2v) is 11.1. The number of aromatic nitrogens is 1. The Morgan fingerprint density at radius 3 is 2.42 bits per heavy atom. The van der Waals surface area contributed by atoms with E-state index in [1.165, 1.54) is 11.3 Å². The summed E-state index contributed by atoms with van der Waals surface area (Å²) in [5.74, 6) is -1.46. The van der Waals surface area contributed by atoms with E-state index in [2.05, 4.69) is 10.3 Å². The van der Waals surface area contributed by atoms with Crippen molar-refractivity contribution in [3.05, 3.63) is 39.0 Å². The number of hydrogen-bond donors (Lipinski definition) is 1. The molecule has 0 saturated heterocycles. The van der Waals surface area contributed by atoms with Gasteiger partial charge in [0.05, 0.1) is 54.2 Å². The first-order valence-corrected chi connectivity index (χ1v) is 15.1. The predicted molar refractivity (Wildman–Crippen MR) is 156 cm³/mol. The van der Waals surface area contributed by atoms with Crippen molar-refractivity contribution in [2.45, 2.75) is 27.3 Å². The number of benzene rings is 1. The fraction of sp³-hybridized carbons (Fsp3) is 0.423. The van der Waals surface area contributed by atoms with Crippen LogP contribution in [0, 0.1) is 6.92 Å². The number of methoxy groups -OCH3 is 2. The van der Waals surface area contributed by atoms with Crippen molar-refractivity contribution in [3.63, 3.8) is 0 Å². The number of carbonyl (C=O) groups is 4. The SMILES string of the molecule is CCOC(=O)c1sc(NC(=O)CSCC(=O)N=c2sc3cc(OC)ccc3n2CCOC)c(C(=O)OCC)c1C. The van der Waals surface area contributed by atoms with Gasteiger partial charge in [0, 0.05) is 13.7 Å². The molecule has 0 spiro atoms. The zero-order chi connectivity index (χ0) is 29.2. The van der Waals surface area contributed by atoms with Gasteiger partial charge in [0.15, 0.2) is 4.80 Å². The van der Waals surface area contributed by atoms with Gasteiger partial charge in [-0.25, -0.2) is 9.59 Å². The number of nitrogens with zero attached hydrogens (tertiary/aromatic N) is 2. The second kappa shape index (κ2) is 15.0. The van der Waals surface area contributed by atoms with Crippen molar-refractivity contribution in [3.8, 4) is 5.75 Å². The maximum Gasteiger partial charge on any atom is 0.348 e. The Morgan fingerprint density at radius 1 is 1.02 bits per heavy atom. The third kappa shape index (κ3) is 7.71. The molecule has 40 heavy (non-hydrogen) atoms. The molecule has 2 heterocycles. The van der Waals surface area contributed by atoms with E-state index in [9.17, 15) is 19.2 Å². The van der Waals surface area contributed by atoms with E-state index >= 15 is 0 Å². The Kier molecular flexibility index (Phi) is 11.7. The second-order valence-electron chi connectivity index (χ2n) is 8.11. The number of thioether (sulfide) groups is 1. The fourth-order valence-corrected chi connectivity index (χ4v) is 6.44. The molecule has 2 aromatic heterocycles. The molecule has 2 amide bonds. The minimum absolute atomic E-state index is 0.0302. The maximum atomic E-state index is 12.7. The number of nitrogens with one attached hydrogen (secondary N) is 1. The molecule has 0 saturated carbocycles. The average Bonchev–Trinajstić information content (AvgIpc) is 3.43. The Hall–Kier alpha value is -3.20. The predicted octanol–water partition coefficient (Wildman–Crippen LogP) is 3.88. The van der Waals surface area contributed by atoms with Gasteiger partial charge >= 0.3 is 11.9 Å². The van der Waals surface area contributed by atoms with Gasteiger partial charge in [-0.1, -0.05) is 11.3 Å². The lowest BCUT2D eigenvalue weighted by Crippen LogP contribution is -2.20. The minimum atomic E-state index is -0.647. The number of esters is 2. The summed E-state index contributed by atoms with van der Waals surface area (Å²) in [6.45, 7) is 6.21. The molecule has 0 bridgehead atoms. The Balaban J connectivity index is 1.71. The van der Waals surface area contributed by atoms with Crippen LogP contribution < -0.4 is 14.9 Å². The molecule has 216 valence electrons. The molecule has 0 radical (unpaired) electrons. The average molecular weight is 610 g/mol. The molecular formula is C26H31N3O8S3.